The monoisotopic (exact) mass is 333 g/mol. The van der Waals surface area contributed by atoms with Gasteiger partial charge in [0.05, 0.1) is 10.5 Å². The molecule has 0 atom stereocenters. The molecule has 22 heavy (non-hydrogen) atoms. The third kappa shape index (κ3) is 2.98. The number of alkyl halides is 3. The van der Waals surface area contributed by atoms with Gasteiger partial charge in [-0.3, -0.25) is 9.78 Å². The van der Waals surface area contributed by atoms with Crippen molar-refractivity contribution in [3.05, 3.63) is 53.6 Å². The van der Waals surface area contributed by atoms with Crippen LogP contribution in [0.5, 0.6) is 0 Å². The molecular formula is C13H7F4NO3S. The summed E-state index contributed by atoms with van der Waals surface area (Å²) in [7, 11) is -4.38. The van der Waals surface area contributed by atoms with Gasteiger partial charge >= 0.3 is 6.18 Å². The van der Waals surface area contributed by atoms with E-state index in [0.29, 0.717) is 18.4 Å². The zero-order valence-electron chi connectivity index (χ0n) is 10.6. The summed E-state index contributed by atoms with van der Waals surface area (Å²) in [5, 5.41) is 0. The Balaban J connectivity index is 2.51. The van der Waals surface area contributed by atoms with Crippen molar-refractivity contribution in [3.8, 4) is 0 Å². The maximum absolute atomic E-state index is 13.8. The minimum absolute atomic E-state index is 0.0353. The molecule has 0 radical (unpaired) electrons. The number of carbonyl (C=O) groups excluding carboxylic acids is 1. The summed E-state index contributed by atoms with van der Waals surface area (Å²) in [6.45, 7) is 0. The van der Waals surface area contributed by atoms with Crippen LogP contribution in [0.4, 0.5) is 17.6 Å². The minimum atomic E-state index is -4.78. The number of aromatic nitrogens is 1. The van der Waals surface area contributed by atoms with Crippen molar-refractivity contribution >= 4 is 16.1 Å². The molecule has 4 nitrogen and oxygen atoms in total. The third-order valence-corrected chi connectivity index (χ3v) is 4.51. The summed E-state index contributed by atoms with van der Waals surface area (Å²) in [4.78, 5) is 12.6. The summed E-state index contributed by atoms with van der Waals surface area (Å²) in [5.41, 5.74) is -1.33. The first kappa shape index (κ1) is 16.1. The number of nitrogens with zero attached hydrogens (tertiary/aromatic N) is 1. The third-order valence-electron chi connectivity index (χ3n) is 2.74. The first-order chi connectivity index (χ1) is 10.2. The van der Waals surface area contributed by atoms with E-state index in [1.165, 1.54) is 0 Å². The van der Waals surface area contributed by atoms with Crippen molar-refractivity contribution in [3.63, 3.8) is 0 Å². The molecule has 0 aliphatic carbocycles. The lowest BCUT2D eigenvalue weighted by Gasteiger charge is -2.10. The van der Waals surface area contributed by atoms with Gasteiger partial charge in [0.2, 0.25) is 9.84 Å². The Morgan fingerprint density at radius 3 is 2.23 bits per heavy atom. The number of halogens is 4. The molecule has 0 saturated carbocycles. The van der Waals surface area contributed by atoms with Crippen LogP contribution < -0.4 is 0 Å². The molecule has 1 heterocycles. The van der Waals surface area contributed by atoms with Crippen molar-refractivity contribution in [2.75, 3.05) is 0 Å². The van der Waals surface area contributed by atoms with E-state index in [-0.39, 0.29) is 11.8 Å². The summed E-state index contributed by atoms with van der Waals surface area (Å²) >= 11 is 0. The second-order valence-corrected chi connectivity index (χ2v) is 6.10. The van der Waals surface area contributed by atoms with Crippen molar-refractivity contribution in [2.45, 2.75) is 16.0 Å². The molecule has 2 rings (SSSR count). The number of carbonyl (C=O) groups is 1. The Bertz CT molecular complexity index is 814. The zero-order chi connectivity index (χ0) is 16.5. The van der Waals surface area contributed by atoms with Crippen LogP contribution in [0, 0.1) is 5.82 Å². The smallest absolute Gasteiger partial charge is 0.296 e. The number of rotatable bonds is 3. The van der Waals surface area contributed by atoms with Gasteiger partial charge in [0.15, 0.2) is 6.29 Å². The highest BCUT2D eigenvalue weighted by molar-refractivity contribution is 7.91. The Kier molecular flexibility index (Phi) is 4.01. The number of benzene rings is 1. The topological polar surface area (TPSA) is 64.1 Å². The van der Waals surface area contributed by atoms with Crippen LogP contribution in [0.2, 0.25) is 0 Å². The standard InChI is InChI=1S/C13H7F4NO3S/c14-11-5-8(13(15,16)17)1-4-12(11)22(20,21)10-3-2-9(7-19)18-6-10/h1-7H. The van der Waals surface area contributed by atoms with Crippen LogP contribution in [0.3, 0.4) is 0 Å². The second kappa shape index (κ2) is 5.48. The largest absolute Gasteiger partial charge is 0.416 e. The number of aldehydes is 1. The van der Waals surface area contributed by atoms with Gasteiger partial charge < -0.3 is 0 Å². The highest BCUT2D eigenvalue weighted by Crippen LogP contribution is 2.32. The zero-order valence-corrected chi connectivity index (χ0v) is 11.5. The molecule has 0 unspecified atom stereocenters. The molecule has 1 aromatic heterocycles. The SMILES string of the molecule is O=Cc1ccc(S(=O)(=O)c2ccc(C(F)(F)F)cc2F)cn1. The quantitative estimate of drug-likeness (QED) is 0.640. The van der Waals surface area contributed by atoms with Gasteiger partial charge in [0.25, 0.3) is 0 Å². The molecule has 2 aromatic rings. The first-order valence-electron chi connectivity index (χ1n) is 5.69. The number of pyridine rings is 1. The van der Waals surface area contributed by atoms with E-state index in [1.54, 1.807) is 0 Å². The summed E-state index contributed by atoms with van der Waals surface area (Å²) in [6, 6.07) is 3.25. The Labute approximate surface area is 122 Å². The van der Waals surface area contributed by atoms with E-state index in [2.05, 4.69) is 4.98 Å². The lowest BCUT2D eigenvalue weighted by molar-refractivity contribution is -0.137. The van der Waals surface area contributed by atoms with Crippen molar-refractivity contribution in [2.24, 2.45) is 0 Å². The fourth-order valence-corrected chi connectivity index (χ4v) is 2.90. The highest BCUT2D eigenvalue weighted by atomic mass is 32.2. The van der Waals surface area contributed by atoms with E-state index in [1.807, 2.05) is 0 Å². The summed E-state index contributed by atoms with van der Waals surface area (Å²) in [6.07, 6.45) is -3.57. The molecule has 0 aliphatic rings. The molecule has 0 amide bonds. The van der Waals surface area contributed by atoms with Gasteiger partial charge in [-0.25, -0.2) is 12.8 Å². The van der Waals surface area contributed by atoms with Gasteiger partial charge in [-0.15, -0.1) is 0 Å². The van der Waals surface area contributed by atoms with Crippen molar-refractivity contribution in [1.82, 2.24) is 4.98 Å². The van der Waals surface area contributed by atoms with E-state index in [9.17, 15) is 30.8 Å². The maximum Gasteiger partial charge on any atom is 0.416 e. The van der Waals surface area contributed by atoms with E-state index >= 15 is 0 Å². The normalized spacial score (nSPS) is 12.2. The van der Waals surface area contributed by atoms with Gasteiger partial charge in [-0.05, 0) is 30.3 Å². The summed E-state index contributed by atoms with van der Waals surface area (Å²) in [5.74, 6) is -1.52. The Hall–Kier alpha value is -2.29. The van der Waals surface area contributed by atoms with Gasteiger partial charge in [-0.2, -0.15) is 13.2 Å². The molecule has 0 aliphatic heterocycles. The van der Waals surface area contributed by atoms with Crippen molar-refractivity contribution in [1.29, 1.82) is 0 Å². The van der Waals surface area contributed by atoms with Crippen LogP contribution in [-0.2, 0) is 16.0 Å². The van der Waals surface area contributed by atoms with Crippen molar-refractivity contribution < 1.29 is 30.8 Å². The van der Waals surface area contributed by atoms with E-state index in [0.717, 1.165) is 18.3 Å². The molecule has 0 bridgehead atoms. The molecular weight excluding hydrogens is 326 g/mol. The molecule has 0 fully saturated rings. The average molecular weight is 333 g/mol. The van der Waals surface area contributed by atoms with E-state index < -0.39 is 37.2 Å². The second-order valence-electron chi connectivity index (χ2n) is 4.18. The van der Waals surface area contributed by atoms with Crippen LogP contribution in [0.25, 0.3) is 0 Å². The first-order valence-corrected chi connectivity index (χ1v) is 7.17. The van der Waals surface area contributed by atoms with Crippen LogP contribution >= 0.6 is 0 Å². The van der Waals surface area contributed by atoms with E-state index in [4.69, 9.17) is 0 Å². The minimum Gasteiger partial charge on any atom is -0.296 e. The lowest BCUT2D eigenvalue weighted by atomic mass is 10.2. The molecule has 116 valence electrons. The number of sulfone groups is 1. The number of hydrogen-bond donors (Lipinski definition) is 0. The fraction of sp³-hybridized carbons (Fsp3) is 0.0769. The predicted octanol–water partition coefficient (Wildman–Crippen LogP) is 2.88. The lowest BCUT2D eigenvalue weighted by Crippen LogP contribution is -2.09. The highest BCUT2D eigenvalue weighted by Gasteiger charge is 2.32. The average Bonchev–Trinajstić information content (AvgIpc) is 2.46. The Morgan fingerprint density at radius 2 is 1.77 bits per heavy atom. The fourth-order valence-electron chi connectivity index (χ4n) is 1.64. The molecule has 0 spiro atoms. The Morgan fingerprint density at radius 1 is 1.09 bits per heavy atom. The number of hydrogen-bond acceptors (Lipinski definition) is 4. The predicted molar refractivity (Wildman–Crippen MR) is 66.5 cm³/mol. The maximum atomic E-state index is 13.8. The molecule has 1 aromatic carbocycles. The van der Waals surface area contributed by atoms with Crippen LogP contribution in [0.15, 0.2) is 46.3 Å². The molecule has 0 N–H and O–H groups in total. The summed E-state index contributed by atoms with van der Waals surface area (Å²) < 4.78 is 75.4. The van der Waals surface area contributed by atoms with Crippen LogP contribution in [0.1, 0.15) is 16.1 Å². The van der Waals surface area contributed by atoms with Gasteiger partial charge in [-0.1, -0.05) is 0 Å². The molecule has 0 saturated heterocycles. The van der Waals surface area contributed by atoms with Gasteiger partial charge in [0.1, 0.15) is 16.4 Å². The van der Waals surface area contributed by atoms with Crippen LogP contribution in [-0.4, -0.2) is 19.7 Å². The van der Waals surface area contributed by atoms with Gasteiger partial charge in [0, 0.05) is 6.20 Å². The molecule has 9 heteroatoms.